The van der Waals surface area contributed by atoms with Crippen LogP contribution in [0.2, 0.25) is 0 Å². The zero-order chi connectivity index (χ0) is 15.4. The van der Waals surface area contributed by atoms with Crippen molar-refractivity contribution < 1.29 is 9.53 Å². The Labute approximate surface area is 134 Å². The van der Waals surface area contributed by atoms with Crippen molar-refractivity contribution in [1.82, 2.24) is 0 Å². The largest absolute Gasteiger partial charge is 0.422 e. The molecule has 0 saturated heterocycles. The quantitative estimate of drug-likeness (QED) is 0.482. The van der Waals surface area contributed by atoms with E-state index in [1.165, 1.54) is 29.7 Å². The van der Waals surface area contributed by atoms with Crippen LogP contribution in [0.4, 0.5) is 0 Å². The highest BCUT2D eigenvalue weighted by molar-refractivity contribution is 7.14. The summed E-state index contributed by atoms with van der Waals surface area (Å²) in [6.45, 7) is 0. The summed E-state index contributed by atoms with van der Waals surface area (Å²) in [4.78, 5) is 14.3. The second-order valence-electron chi connectivity index (χ2n) is 5.49. The van der Waals surface area contributed by atoms with Gasteiger partial charge in [0.1, 0.15) is 10.6 Å². The number of esters is 1. The molecule has 1 heterocycles. The van der Waals surface area contributed by atoms with Crippen LogP contribution in [0.25, 0.3) is 0 Å². The highest BCUT2D eigenvalue weighted by atomic mass is 32.1. The molecule has 3 rings (SSSR count). The van der Waals surface area contributed by atoms with Gasteiger partial charge < -0.3 is 4.74 Å². The van der Waals surface area contributed by atoms with Gasteiger partial charge in [-0.2, -0.15) is 5.26 Å². The van der Waals surface area contributed by atoms with Crippen molar-refractivity contribution in [3.8, 4) is 11.8 Å². The third-order valence-electron chi connectivity index (χ3n) is 3.86. The van der Waals surface area contributed by atoms with Gasteiger partial charge >= 0.3 is 5.97 Å². The number of benzene rings is 1. The Morgan fingerprint density at radius 1 is 1.18 bits per heavy atom. The smallest absolute Gasteiger partial charge is 0.353 e. The van der Waals surface area contributed by atoms with E-state index in [4.69, 9.17) is 10.00 Å². The van der Waals surface area contributed by atoms with Gasteiger partial charge in [-0.1, -0.05) is 18.6 Å². The van der Waals surface area contributed by atoms with Crippen LogP contribution in [0.3, 0.4) is 0 Å². The maximum Gasteiger partial charge on any atom is 0.353 e. The van der Waals surface area contributed by atoms with Crippen LogP contribution in [0.1, 0.15) is 44.9 Å². The number of nitriles is 1. The lowest BCUT2D eigenvalue weighted by atomic mass is 10.1. The van der Waals surface area contributed by atoms with E-state index >= 15 is 0 Å². The summed E-state index contributed by atoms with van der Waals surface area (Å²) in [6, 6.07) is 11.2. The molecule has 22 heavy (non-hydrogen) atoms. The van der Waals surface area contributed by atoms with Crippen LogP contribution in [0.5, 0.6) is 5.75 Å². The second kappa shape index (κ2) is 6.76. The lowest BCUT2D eigenvalue weighted by molar-refractivity contribution is 0.0739. The minimum atomic E-state index is -0.286. The predicted octanol–water partition coefficient (Wildman–Crippen LogP) is 4.30. The number of rotatable bonds is 3. The number of ether oxygens (including phenoxy) is 1. The number of thiophene rings is 1. The second-order valence-corrected chi connectivity index (χ2v) is 6.62. The van der Waals surface area contributed by atoms with Crippen LogP contribution in [0, 0.1) is 11.3 Å². The normalized spacial score (nSPS) is 13.8. The number of carbonyl (C=O) groups is 1. The first-order chi connectivity index (χ1) is 10.8. The minimum Gasteiger partial charge on any atom is -0.422 e. The van der Waals surface area contributed by atoms with Crippen molar-refractivity contribution >= 4 is 17.3 Å². The van der Waals surface area contributed by atoms with E-state index in [9.17, 15) is 4.79 Å². The Balaban J connectivity index is 1.70. The highest BCUT2D eigenvalue weighted by Gasteiger charge is 2.17. The first kappa shape index (κ1) is 14.8. The van der Waals surface area contributed by atoms with Gasteiger partial charge in [-0.05, 0) is 55.0 Å². The molecule has 0 fully saturated rings. The summed E-state index contributed by atoms with van der Waals surface area (Å²) in [6.07, 6.45) is 6.21. The molecule has 1 aromatic heterocycles. The van der Waals surface area contributed by atoms with Gasteiger partial charge in [0.25, 0.3) is 0 Å². The standard InChI is InChI=1S/C18H17NO2S/c19-11-10-13-6-8-15(9-7-13)21-18(20)17-12-14-4-2-1-3-5-16(14)22-17/h6-9,12H,1-5,10H2. The molecule has 2 aromatic rings. The third-order valence-corrected chi connectivity index (χ3v) is 5.08. The van der Waals surface area contributed by atoms with Crippen molar-refractivity contribution in [3.05, 3.63) is 51.2 Å². The predicted molar refractivity (Wildman–Crippen MR) is 86.3 cm³/mol. The molecule has 0 N–H and O–H groups in total. The number of carbonyl (C=O) groups excluding carboxylic acids is 1. The summed E-state index contributed by atoms with van der Waals surface area (Å²) in [5.74, 6) is 0.237. The SMILES string of the molecule is N#CCc1ccc(OC(=O)c2cc3c(s2)CCCCC3)cc1. The molecule has 112 valence electrons. The van der Waals surface area contributed by atoms with Crippen molar-refractivity contribution in [1.29, 1.82) is 5.26 Å². The van der Waals surface area contributed by atoms with Crippen molar-refractivity contribution in [2.24, 2.45) is 0 Å². The van der Waals surface area contributed by atoms with Gasteiger partial charge in [0.2, 0.25) is 0 Å². The number of fused-ring (bicyclic) bond motifs is 1. The van der Waals surface area contributed by atoms with Crippen LogP contribution < -0.4 is 4.74 Å². The van der Waals surface area contributed by atoms with E-state index in [1.807, 2.05) is 18.2 Å². The average molecular weight is 311 g/mol. The molecule has 1 aliphatic carbocycles. The zero-order valence-corrected chi connectivity index (χ0v) is 13.1. The Kier molecular flexibility index (Phi) is 4.55. The summed E-state index contributed by atoms with van der Waals surface area (Å²) in [5.41, 5.74) is 2.24. The zero-order valence-electron chi connectivity index (χ0n) is 12.3. The number of hydrogen-bond donors (Lipinski definition) is 0. The van der Waals surface area contributed by atoms with Crippen LogP contribution in [-0.4, -0.2) is 5.97 Å². The molecule has 4 heteroatoms. The summed E-state index contributed by atoms with van der Waals surface area (Å²) in [5, 5.41) is 8.65. The lowest BCUT2D eigenvalue weighted by Gasteiger charge is -2.03. The van der Waals surface area contributed by atoms with Gasteiger partial charge in [0.15, 0.2) is 0 Å². The van der Waals surface area contributed by atoms with Crippen LogP contribution >= 0.6 is 11.3 Å². The highest BCUT2D eigenvalue weighted by Crippen LogP contribution is 2.29. The number of nitrogens with zero attached hydrogens (tertiary/aromatic N) is 1. The van der Waals surface area contributed by atoms with E-state index in [2.05, 4.69) is 6.07 Å². The fourth-order valence-electron chi connectivity index (χ4n) is 2.69. The van der Waals surface area contributed by atoms with E-state index in [0.29, 0.717) is 17.0 Å². The molecule has 0 amide bonds. The number of aryl methyl sites for hydroxylation is 2. The van der Waals surface area contributed by atoms with Crippen molar-refractivity contribution in [2.45, 2.75) is 38.5 Å². The monoisotopic (exact) mass is 311 g/mol. The molecule has 0 saturated carbocycles. The average Bonchev–Trinajstić information content (AvgIpc) is 2.81. The molecular weight excluding hydrogens is 294 g/mol. The van der Waals surface area contributed by atoms with Crippen LogP contribution in [-0.2, 0) is 19.3 Å². The fraction of sp³-hybridized carbons (Fsp3) is 0.333. The van der Waals surface area contributed by atoms with Crippen LogP contribution in [0.15, 0.2) is 30.3 Å². The molecule has 0 atom stereocenters. The van der Waals surface area contributed by atoms with Gasteiger partial charge in [-0.25, -0.2) is 4.79 Å². The Morgan fingerprint density at radius 3 is 2.73 bits per heavy atom. The van der Waals surface area contributed by atoms with Gasteiger partial charge in [-0.15, -0.1) is 11.3 Å². The van der Waals surface area contributed by atoms with E-state index in [0.717, 1.165) is 18.4 Å². The van der Waals surface area contributed by atoms with E-state index < -0.39 is 0 Å². The fourth-order valence-corrected chi connectivity index (χ4v) is 3.82. The topological polar surface area (TPSA) is 50.1 Å². The number of hydrogen-bond acceptors (Lipinski definition) is 4. The molecule has 1 aromatic carbocycles. The first-order valence-electron chi connectivity index (χ1n) is 7.56. The van der Waals surface area contributed by atoms with Gasteiger partial charge in [0.05, 0.1) is 12.5 Å². The molecular formula is C18H17NO2S. The molecule has 0 spiro atoms. The van der Waals surface area contributed by atoms with Crippen molar-refractivity contribution in [2.75, 3.05) is 0 Å². The summed E-state index contributed by atoms with van der Waals surface area (Å²) in [7, 11) is 0. The van der Waals surface area contributed by atoms with Gasteiger partial charge in [0, 0.05) is 4.88 Å². The Bertz CT molecular complexity index is 686. The molecule has 0 unspecified atom stereocenters. The van der Waals surface area contributed by atoms with Gasteiger partial charge in [-0.3, -0.25) is 0 Å². The Morgan fingerprint density at radius 2 is 1.95 bits per heavy atom. The van der Waals surface area contributed by atoms with E-state index in [-0.39, 0.29) is 5.97 Å². The molecule has 1 aliphatic rings. The minimum absolute atomic E-state index is 0.286. The maximum atomic E-state index is 12.3. The van der Waals surface area contributed by atoms with Crippen molar-refractivity contribution in [3.63, 3.8) is 0 Å². The molecule has 0 radical (unpaired) electrons. The third kappa shape index (κ3) is 3.37. The van der Waals surface area contributed by atoms with E-state index in [1.54, 1.807) is 23.5 Å². The lowest BCUT2D eigenvalue weighted by Crippen LogP contribution is -2.06. The summed E-state index contributed by atoms with van der Waals surface area (Å²) < 4.78 is 5.43. The molecule has 3 nitrogen and oxygen atoms in total. The molecule has 0 bridgehead atoms. The molecule has 0 aliphatic heterocycles. The summed E-state index contributed by atoms with van der Waals surface area (Å²) >= 11 is 1.57. The Hall–Kier alpha value is -2.12. The first-order valence-corrected chi connectivity index (χ1v) is 8.37. The maximum absolute atomic E-state index is 12.3.